The van der Waals surface area contributed by atoms with Crippen molar-refractivity contribution in [1.29, 1.82) is 5.26 Å². The zero-order valence-corrected chi connectivity index (χ0v) is 34.1. The second kappa shape index (κ2) is 17.3. The van der Waals surface area contributed by atoms with E-state index in [0.29, 0.717) is 38.1 Å². The number of nitrogens with zero attached hydrogens (tertiary/aromatic N) is 5. The third-order valence-corrected chi connectivity index (χ3v) is 12.8. The van der Waals surface area contributed by atoms with Crippen LogP contribution in [0, 0.1) is 23.2 Å². The summed E-state index contributed by atoms with van der Waals surface area (Å²) in [5.41, 5.74) is -0.663. The SMILES string of the molecule is C[C@@H]1CN(CCCC2CCC(N3C(=S)N(c4ccc(C#N)c(C(F)(F)F)c4)C(=O)C3(C)C)CC2)C[C@H](C)N1CC(=O)Cc1cccc(CC2CCC(=O)NC2=O)c1. The average molecular weight is 807 g/mol. The number of nitriles is 1. The highest BCUT2D eigenvalue weighted by Gasteiger charge is 2.52. The summed E-state index contributed by atoms with van der Waals surface area (Å²) in [5.74, 6) is -0.357. The Kier molecular flexibility index (Phi) is 12.9. The van der Waals surface area contributed by atoms with Crippen molar-refractivity contribution in [2.24, 2.45) is 11.8 Å². The Bertz CT molecular complexity index is 1910. The molecule has 57 heavy (non-hydrogen) atoms. The molecule has 3 atom stereocenters. The molecule has 14 heteroatoms. The van der Waals surface area contributed by atoms with E-state index in [1.54, 1.807) is 19.9 Å². The van der Waals surface area contributed by atoms with Gasteiger partial charge in [0.25, 0.3) is 5.91 Å². The first kappa shape index (κ1) is 42.4. The number of piperazine rings is 1. The molecule has 4 fully saturated rings. The number of imide groups is 1. The van der Waals surface area contributed by atoms with Gasteiger partial charge < -0.3 is 9.80 Å². The smallest absolute Gasteiger partial charge is 0.331 e. The van der Waals surface area contributed by atoms with Crippen molar-refractivity contribution >= 4 is 46.5 Å². The van der Waals surface area contributed by atoms with Crippen molar-refractivity contribution < 1.29 is 32.3 Å². The quantitative estimate of drug-likeness (QED) is 0.192. The number of rotatable bonds is 12. The maximum absolute atomic E-state index is 13.7. The molecule has 0 radical (unpaired) electrons. The molecule has 2 aromatic rings. The first-order chi connectivity index (χ1) is 27.0. The van der Waals surface area contributed by atoms with Gasteiger partial charge in [0.1, 0.15) is 5.54 Å². The fraction of sp³-hybridized carbons (Fsp3) is 0.581. The molecular formula is C43H53F3N6O4S. The fourth-order valence-corrected chi connectivity index (χ4v) is 10.0. The Hall–Kier alpha value is -4.19. The van der Waals surface area contributed by atoms with Crippen LogP contribution in [0.3, 0.4) is 0 Å². The van der Waals surface area contributed by atoms with Crippen LogP contribution in [0.2, 0.25) is 0 Å². The molecule has 1 N–H and O–H groups in total. The van der Waals surface area contributed by atoms with E-state index in [2.05, 4.69) is 29.0 Å². The van der Waals surface area contributed by atoms with Crippen molar-refractivity contribution in [2.45, 2.75) is 122 Å². The second-order valence-electron chi connectivity index (χ2n) is 17.0. The van der Waals surface area contributed by atoms with Gasteiger partial charge in [-0.25, -0.2) is 0 Å². The lowest BCUT2D eigenvalue weighted by molar-refractivity contribution is -0.138. The summed E-state index contributed by atoms with van der Waals surface area (Å²) in [6, 6.07) is 13.2. The van der Waals surface area contributed by atoms with E-state index in [1.807, 2.05) is 29.2 Å². The standard InChI is InChI=1S/C43H53F3N6O4S/c1-27-24-49(25-28(2)50(27)26-36(53)21-31-8-5-7-30(19-31)20-32-13-17-38(54)48-39(32)55)18-6-9-29-10-14-34(15-11-29)52-41(57)51(40(56)42(52,3)4)35-16-12-33(23-47)37(22-35)43(44,45)46/h5,7-8,12,16,19,22,27-29,32,34H,6,9-11,13-15,17-18,20-21,24-26H2,1-4H3,(H,48,54,55)/t27-,28+,29?,32?,34?. The number of alkyl halides is 3. The number of nitrogens with one attached hydrogen (secondary N) is 1. The van der Waals surface area contributed by atoms with E-state index >= 15 is 0 Å². The monoisotopic (exact) mass is 806 g/mol. The minimum absolute atomic E-state index is 0.00238. The molecule has 3 amide bonds. The van der Waals surface area contributed by atoms with E-state index in [4.69, 9.17) is 12.2 Å². The molecule has 1 saturated carbocycles. The van der Waals surface area contributed by atoms with Crippen LogP contribution in [-0.2, 0) is 38.2 Å². The summed E-state index contributed by atoms with van der Waals surface area (Å²) in [7, 11) is 0. The number of Topliss-reactive ketones (excluding diaryl/α,β-unsaturated/α-hetero) is 1. The Morgan fingerprint density at radius 2 is 1.67 bits per heavy atom. The number of hydrogen-bond donors (Lipinski definition) is 1. The van der Waals surface area contributed by atoms with Crippen LogP contribution < -0.4 is 10.2 Å². The van der Waals surface area contributed by atoms with Gasteiger partial charge in [0.05, 0.1) is 29.4 Å². The van der Waals surface area contributed by atoms with Gasteiger partial charge in [-0.05, 0) is 133 Å². The van der Waals surface area contributed by atoms with E-state index in [-0.39, 0.29) is 58.3 Å². The van der Waals surface area contributed by atoms with Gasteiger partial charge in [0, 0.05) is 50.0 Å². The first-order valence-corrected chi connectivity index (χ1v) is 20.6. The Morgan fingerprint density at radius 3 is 2.32 bits per heavy atom. The number of carbonyl (C=O) groups is 4. The van der Waals surface area contributed by atoms with E-state index in [9.17, 15) is 37.6 Å². The van der Waals surface area contributed by atoms with Crippen molar-refractivity contribution in [2.75, 3.05) is 31.1 Å². The summed E-state index contributed by atoms with van der Waals surface area (Å²) < 4.78 is 41.2. The highest BCUT2D eigenvalue weighted by atomic mass is 32.1. The van der Waals surface area contributed by atoms with Crippen LogP contribution in [0.15, 0.2) is 42.5 Å². The normalized spacial score (nSPS) is 26.1. The maximum atomic E-state index is 13.7. The third-order valence-electron chi connectivity index (χ3n) is 12.4. The van der Waals surface area contributed by atoms with E-state index in [1.165, 1.54) is 11.0 Å². The van der Waals surface area contributed by atoms with E-state index < -0.39 is 22.8 Å². The lowest BCUT2D eigenvalue weighted by Crippen LogP contribution is -2.58. The van der Waals surface area contributed by atoms with Crippen molar-refractivity contribution in [1.82, 2.24) is 20.0 Å². The number of amides is 3. The zero-order chi connectivity index (χ0) is 41.2. The van der Waals surface area contributed by atoms with Crippen LogP contribution in [0.4, 0.5) is 18.9 Å². The Balaban J connectivity index is 0.943. The number of halogens is 3. The molecule has 0 bridgehead atoms. The van der Waals surface area contributed by atoms with Crippen LogP contribution in [0.25, 0.3) is 0 Å². The summed E-state index contributed by atoms with van der Waals surface area (Å²) >= 11 is 5.77. The number of piperidine rings is 1. The topological polar surface area (TPSA) is 117 Å². The average Bonchev–Trinajstić information content (AvgIpc) is 3.32. The highest BCUT2D eigenvalue weighted by Crippen LogP contribution is 2.41. The second-order valence-corrected chi connectivity index (χ2v) is 17.4. The number of anilines is 1. The number of ketones is 1. The number of hydrogen-bond acceptors (Lipinski definition) is 8. The summed E-state index contributed by atoms with van der Waals surface area (Å²) in [6.07, 6.45) is 2.80. The molecule has 3 heterocycles. The van der Waals surface area contributed by atoms with Crippen LogP contribution >= 0.6 is 12.2 Å². The predicted octanol–water partition coefficient (Wildman–Crippen LogP) is 6.43. The molecule has 6 rings (SSSR count). The third kappa shape index (κ3) is 9.58. The molecule has 306 valence electrons. The first-order valence-electron chi connectivity index (χ1n) is 20.2. The lowest BCUT2D eigenvalue weighted by Gasteiger charge is -2.44. The summed E-state index contributed by atoms with van der Waals surface area (Å²) in [4.78, 5) is 58.6. The van der Waals surface area contributed by atoms with E-state index in [0.717, 1.165) is 81.4 Å². The van der Waals surface area contributed by atoms with Crippen molar-refractivity contribution in [3.05, 3.63) is 64.7 Å². The van der Waals surface area contributed by atoms with Crippen LogP contribution in [0.1, 0.15) is 101 Å². The minimum atomic E-state index is -4.75. The lowest BCUT2D eigenvalue weighted by atomic mass is 9.82. The van der Waals surface area contributed by atoms with Crippen LogP contribution in [-0.4, -0.2) is 93.2 Å². The Labute approximate surface area is 338 Å². The largest absolute Gasteiger partial charge is 0.417 e. The van der Waals surface area contributed by atoms with Crippen molar-refractivity contribution in [3.8, 4) is 6.07 Å². The van der Waals surface area contributed by atoms with Gasteiger partial charge in [0.15, 0.2) is 10.9 Å². The molecule has 1 unspecified atom stereocenters. The maximum Gasteiger partial charge on any atom is 0.417 e. The molecule has 1 aliphatic carbocycles. The molecule has 4 aliphatic rings. The molecule has 3 saturated heterocycles. The molecule has 3 aliphatic heterocycles. The van der Waals surface area contributed by atoms with Gasteiger partial charge in [-0.15, -0.1) is 0 Å². The number of carbonyl (C=O) groups excluding carboxylic acids is 4. The number of benzene rings is 2. The number of thiocarbonyl (C=S) groups is 1. The predicted molar refractivity (Wildman–Crippen MR) is 214 cm³/mol. The summed E-state index contributed by atoms with van der Waals surface area (Å²) in [5, 5.41) is 11.9. The molecule has 10 nitrogen and oxygen atoms in total. The van der Waals surface area contributed by atoms with Gasteiger partial charge in [-0.1, -0.05) is 24.3 Å². The highest BCUT2D eigenvalue weighted by molar-refractivity contribution is 7.80. The molecule has 2 aromatic carbocycles. The minimum Gasteiger partial charge on any atom is -0.331 e. The summed E-state index contributed by atoms with van der Waals surface area (Å²) in [6.45, 7) is 11.1. The molecule has 0 aromatic heterocycles. The Morgan fingerprint density at radius 1 is 0.982 bits per heavy atom. The van der Waals surface area contributed by atoms with Gasteiger partial charge in [0.2, 0.25) is 11.8 Å². The molecule has 0 spiro atoms. The van der Waals surface area contributed by atoms with Gasteiger partial charge >= 0.3 is 6.18 Å². The van der Waals surface area contributed by atoms with Crippen LogP contribution in [0.5, 0.6) is 0 Å². The van der Waals surface area contributed by atoms with Gasteiger partial charge in [-0.3, -0.25) is 34.3 Å². The zero-order valence-electron chi connectivity index (χ0n) is 33.2. The molecular weight excluding hydrogens is 754 g/mol. The fourth-order valence-electron chi connectivity index (χ4n) is 9.48. The van der Waals surface area contributed by atoms with Crippen molar-refractivity contribution in [3.63, 3.8) is 0 Å². The van der Waals surface area contributed by atoms with Gasteiger partial charge in [-0.2, -0.15) is 18.4 Å².